The van der Waals surface area contributed by atoms with Crippen molar-refractivity contribution in [3.63, 3.8) is 0 Å². The van der Waals surface area contributed by atoms with Crippen LogP contribution in [0, 0.1) is 0 Å². The summed E-state index contributed by atoms with van der Waals surface area (Å²) in [6.07, 6.45) is 0. The molecule has 0 radical (unpaired) electrons. The van der Waals surface area contributed by atoms with E-state index in [9.17, 15) is 0 Å². The second-order valence-electron chi connectivity index (χ2n) is 0.285. The van der Waals surface area contributed by atoms with Crippen molar-refractivity contribution in [2.75, 3.05) is 0 Å². The molecule has 0 aliphatic rings. The van der Waals surface area contributed by atoms with Crippen LogP contribution in [0.1, 0.15) is 0 Å². The first-order valence-corrected chi connectivity index (χ1v) is 1.87. The zero-order valence-corrected chi connectivity index (χ0v) is 3.31. The normalized spacial score (nSPS) is 5.00. The van der Waals surface area contributed by atoms with E-state index in [2.05, 4.69) is 5.50 Å². The molecule has 0 atom stereocenters. The molecule has 3 nitrogen and oxygen atoms in total. The zero-order chi connectivity index (χ0) is 3.58. The minimum Gasteiger partial charge on any atom is -0.224 e. The first kappa shape index (κ1) is 8.87. The molecule has 5 heavy (non-hydrogen) atoms. The molecule has 0 aromatic carbocycles. The van der Waals surface area contributed by atoms with Gasteiger partial charge in [-0.05, 0) is 0 Å². The van der Waals surface area contributed by atoms with E-state index in [1.807, 2.05) is 0 Å². The van der Waals surface area contributed by atoms with Crippen molar-refractivity contribution in [3.8, 4) is 0 Å². The fraction of sp³-hybridized carbons (Fsp3) is 0. The van der Waals surface area contributed by atoms with E-state index < -0.39 is 7.83 Å². The van der Waals surface area contributed by atoms with Crippen molar-refractivity contribution in [2.45, 2.75) is 0 Å². The van der Waals surface area contributed by atoms with Gasteiger partial charge in [0.05, 0.1) is 0 Å². The molecule has 0 aromatic heterocycles. The Morgan fingerprint density at radius 1 is 1.40 bits per heavy atom. The van der Waals surface area contributed by atoms with Gasteiger partial charge in [-0.25, -0.2) is 14.6 Å². The summed E-state index contributed by atoms with van der Waals surface area (Å²) in [6.45, 7) is 0. The maximum Gasteiger partial charge on any atom is 3.00 e. The van der Waals surface area contributed by atoms with Crippen LogP contribution < -0.4 is 5.50 Å². The van der Waals surface area contributed by atoms with Crippen LogP contribution in [-0.4, -0.2) is 8.41 Å². The standard InChI is InChI=1S/B.H2NO2P/c;1-4(2)3/h;(H2,1,2,3)/q+3;. The summed E-state index contributed by atoms with van der Waals surface area (Å²) in [5, 5.41) is 0. The SMILES string of the molecule is NP(=O)=O.[B+3]. The minimum atomic E-state index is -2.62. The van der Waals surface area contributed by atoms with Crippen molar-refractivity contribution < 1.29 is 9.13 Å². The van der Waals surface area contributed by atoms with Gasteiger partial charge in [-0.1, -0.05) is 0 Å². The number of rotatable bonds is 0. The van der Waals surface area contributed by atoms with E-state index >= 15 is 0 Å². The maximum absolute atomic E-state index is 8.81. The van der Waals surface area contributed by atoms with Crippen LogP contribution in [-0.2, 0) is 9.13 Å². The molecule has 24 valence electrons. The molecule has 0 bridgehead atoms. The fourth-order valence-corrected chi connectivity index (χ4v) is 0. The van der Waals surface area contributed by atoms with Gasteiger partial charge in [0.1, 0.15) is 0 Å². The van der Waals surface area contributed by atoms with Crippen LogP contribution in [0.25, 0.3) is 0 Å². The average molecular weight is 89.8 g/mol. The zero-order valence-electron chi connectivity index (χ0n) is 2.42. The number of nitrogens with two attached hydrogens (primary N) is 1. The average Bonchev–Trinajstić information content (AvgIpc) is 0.811. The third-order valence-corrected chi connectivity index (χ3v) is 0. The van der Waals surface area contributed by atoms with E-state index in [4.69, 9.17) is 9.13 Å². The van der Waals surface area contributed by atoms with Gasteiger partial charge in [0, 0.05) is 0 Å². The molecule has 5 heteroatoms. The van der Waals surface area contributed by atoms with Crippen LogP contribution in [0.2, 0.25) is 0 Å². The Bertz CT molecular complexity index is 58.0. The third kappa shape index (κ3) is 2580. The van der Waals surface area contributed by atoms with Gasteiger partial charge < -0.3 is 0 Å². The van der Waals surface area contributed by atoms with Gasteiger partial charge in [0.15, 0.2) is 0 Å². The summed E-state index contributed by atoms with van der Waals surface area (Å²) >= 11 is 0. The van der Waals surface area contributed by atoms with Gasteiger partial charge >= 0.3 is 16.2 Å². The molecule has 0 amide bonds. The van der Waals surface area contributed by atoms with Gasteiger partial charge in [-0.3, -0.25) is 0 Å². The van der Waals surface area contributed by atoms with Crippen LogP contribution in [0.5, 0.6) is 0 Å². The summed E-state index contributed by atoms with van der Waals surface area (Å²) in [5.41, 5.74) is 4.06. The largest absolute Gasteiger partial charge is 3.00 e. The Morgan fingerprint density at radius 2 is 1.40 bits per heavy atom. The predicted octanol–water partition coefficient (Wildman–Crippen LogP) is -0.348. The van der Waals surface area contributed by atoms with Crippen LogP contribution in [0.4, 0.5) is 0 Å². The summed E-state index contributed by atoms with van der Waals surface area (Å²) in [6, 6.07) is 0. The second-order valence-corrected chi connectivity index (χ2v) is 0.856. The Morgan fingerprint density at radius 3 is 1.40 bits per heavy atom. The summed E-state index contributed by atoms with van der Waals surface area (Å²) < 4.78 is 17.6. The molecule has 0 spiro atoms. The fourth-order valence-electron chi connectivity index (χ4n) is 0. The Labute approximate surface area is 32.0 Å². The van der Waals surface area contributed by atoms with Gasteiger partial charge in [0.2, 0.25) is 0 Å². The van der Waals surface area contributed by atoms with Crippen molar-refractivity contribution in [1.29, 1.82) is 0 Å². The topological polar surface area (TPSA) is 60.2 Å². The van der Waals surface area contributed by atoms with Crippen LogP contribution >= 0.6 is 7.83 Å². The van der Waals surface area contributed by atoms with E-state index in [0.717, 1.165) is 0 Å². The van der Waals surface area contributed by atoms with Crippen molar-refractivity contribution in [1.82, 2.24) is 0 Å². The molecule has 0 saturated heterocycles. The first-order chi connectivity index (χ1) is 1.73. The molecule has 0 fully saturated rings. The predicted molar refractivity (Wildman–Crippen MR) is 18.2 cm³/mol. The summed E-state index contributed by atoms with van der Waals surface area (Å²) in [5.74, 6) is 0. The monoisotopic (exact) mass is 90.0 g/mol. The third-order valence-electron chi connectivity index (χ3n) is 0. The Kier molecular flexibility index (Phi) is 6.96. The maximum atomic E-state index is 8.81. The quantitative estimate of drug-likeness (QED) is 0.326. The molecule has 0 unspecified atom stereocenters. The second kappa shape index (κ2) is 3.92. The summed E-state index contributed by atoms with van der Waals surface area (Å²) in [4.78, 5) is 0. The molecule has 0 rings (SSSR count). The molecule has 0 aliphatic heterocycles. The van der Waals surface area contributed by atoms with E-state index in [0.29, 0.717) is 0 Å². The smallest absolute Gasteiger partial charge is 0.224 e. The molecule has 0 saturated carbocycles. The number of hydrogen-bond acceptors (Lipinski definition) is 2. The molecular formula is H2BNO2P+3. The van der Waals surface area contributed by atoms with Crippen LogP contribution in [0.3, 0.4) is 0 Å². The Balaban J connectivity index is 0. The molecule has 0 aliphatic carbocycles. The molecular weight excluding hydrogens is 87.8 g/mol. The van der Waals surface area contributed by atoms with Crippen molar-refractivity contribution in [2.24, 2.45) is 5.50 Å². The van der Waals surface area contributed by atoms with E-state index in [1.54, 1.807) is 0 Å². The molecule has 2 N–H and O–H groups in total. The van der Waals surface area contributed by atoms with Crippen molar-refractivity contribution >= 4 is 16.2 Å². The molecule has 0 aromatic rings. The van der Waals surface area contributed by atoms with E-state index in [1.165, 1.54) is 0 Å². The van der Waals surface area contributed by atoms with Gasteiger partial charge in [-0.2, -0.15) is 0 Å². The molecule has 0 heterocycles. The minimum absolute atomic E-state index is 0. The van der Waals surface area contributed by atoms with Gasteiger partial charge in [-0.15, -0.1) is 0 Å². The van der Waals surface area contributed by atoms with E-state index in [-0.39, 0.29) is 8.41 Å². The number of hydrogen-bond donors (Lipinski definition) is 1. The summed E-state index contributed by atoms with van der Waals surface area (Å²) in [7, 11) is -2.62. The first-order valence-electron chi connectivity index (χ1n) is 0.623. The van der Waals surface area contributed by atoms with Crippen LogP contribution in [0.15, 0.2) is 0 Å². The Hall–Kier alpha value is -0.0751. The van der Waals surface area contributed by atoms with Crippen molar-refractivity contribution in [3.05, 3.63) is 0 Å². The van der Waals surface area contributed by atoms with Gasteiger partial charge in [0.25, 0.3) is 0 Å².